The number of carbonyl (C=O) groups is 4. The predicted octanol–water partition coefficient (Wildman–Crippen LogP) is -1.64. The van der Waals surface area contributed by atoms with Crippen molar-refractivity contribution in [3.8, 4) is 0 Å². The van der Waals surface area contributed by atoms with Gasteiger partial charge in [0.1, 0.15) is 0 Å². The Morgan fingerprint density at radius 2 is 1.43 bits per heavy atom. The molecule has 1 rings (SSSR count). The lowest BCUT2D eigenvalue weighted by Crippen LogP contribution is -2.77. The minimum Gasteiger partial charge on any atom is -0.478 e. The minimum absolute atomic E-state index is 0.497. The lowest BCUT2D eigenvalue weighted by atomic mass is 9.59. The lowest BCUT2D eigenvalue weighted by molar-refractivity contribution is -0.222. The van der Waals surface area contributed by atoms with Crippen LogP contribution in [0.4, 0.5) is 0 Å². The summed E-state index contributed by atoms with van der Waals surface area (Å²) in [5.41, 5.74) is -9.78. The van der Waals surface area contributed by atoms with Crippen LogP contribution in [0.3, 0.4) is 0 Å². The minimum atomic E-state index is -3.17. The van der Waals surface area contributed by atoms with E-state index in [-0.39, 0.29) is 0 Å². The van der Waals surface area contributed by atoms with E-state index in [4.69, 9.17) is 5.11 Å². The molecular weight excluding hydrogens is 284 g/mol. The first-order valence-corrected chi connectivity index (χ1v) is 6.00. The van der Waals surface area contributed by atoms with Gasteiger partial charge in [0.25, 0.3) is 0 Å². The van der Waals surface area contributed by atoms with Gasteiger partial charge in [-0.1, -0.05) is 0 Å². The predicted molar refractivity (Wildman–Crippen MR) is 67.2 cm³/mol. The highest BCUT2D eigenvalue weighted by Crippen LogP contribution is 2.45. The zero-order valence-electron chi connectivity index (χ0n) is 11.7. The van der Waals surface area contributed by atoms with E-state index >= 15 is 0 Å². The van der Waals surface area contributed by atoms with Gasteiger partial charge >= 0.3 is 5.97 Å². The Labute approximate surface area is 119 Å². The number of aliphatic carboxylic acids is 1. The van der Waals surface area contributed by atoms with Gasteiger partial charge in [0, 0.05) is 12.0 Å². The first-order chi connectivity index (χ1) is 9.34. The lowest BCUT2D eigenvalue weighted by Gasteiger charge is -2.50. The Hall–Kier alpha value is -1.90. The number of hydrogen-bond acceptors (Lipinski definition) is 7. The highest BCUT2D eigenvalue weighted by Gasteiger charge is 2.71. The zero-order valence-corrected chi connectivity index (χ0v) is 11.7. The third kappa shape index (κ3) is 2.03. The molecule has 0 amide bonds. The van der Waals surface area contributed by atoms with Gasteiger partial charge in [-0.2, -0.15) is 0 Å². The number of rotatable bonds is 4. The summed E-state index contributed by atoms with van der Waals surface area (Å²) in [6, 6.07) is 0. The van der Waals surface area contributed by atoms with Crippen LogP contribution in [-0.2, 0) is 19.2 Å². The van der Waals surface area contributed by atoms with Gasteiger partial charge in [0.2, 0.25) is 0 Å². The van der Waals surface area contributed by atoms with Crippen LogP contribution < -0.4 is 0 Å². The van der Waals surface area contributed by atoms with Crippen LogP contribution >= 0.6 is 0 Å². The van der Waals surface area contributed by atoms with Crippen molar-refractivity contribution in [1.82, 2.24) is 0 Å². The van der Waals surface area contributed by atoms with Crippen LogP contribution in [0.1, 0.15) is 27.2 Å². The molecule has 0 bridgehead atoms. The molecule has 0 fully saturated rings. The second-order valence-corrected chi connectivity index (χ2v) is 5.16. The van der Waals surface area contributed by atoms with Crippen molar-refractivity contribution in [3.05, 3.63) is 11.6 Å². The van der Waals surface area contributed by atoms with Gasteiger partial charge in [0.05, 0.1) is 0 Å². The summed E-state index contributed by atoms with van der Waals surface area (Å²) in [6.45, 7) is 2.40. The van der Waals surface area contributed by atoms with Gasteiger partial charge in [0.15, 0.2) is 34.2 Å². The van der Waals surface area contributed by atoms with E-state index in [2.05, 4.69) is 0 Å². The summed E-state index contributed by atoms with van der Waals surface area (Å²) in [7, 11) is 0. The Balaban J connectivity index is 3.84. The molecular formula is C13H16O8. The van der Waals surface area contributed by atoms with E-state index in [0.29, 0.717) is 6.08 Å². The van der Waals surface area contributed by atoms with Gasteiger partial charge < -0.3 is 20.4 Å². The van der Waals surface area contributed by atoms with Crippen LogP contribution in [0.25, 0.3) is 0 Å². The fourth-order valence-corrected chi connectivity index (χ4v) is 2.56. The molecule has 8 nitrogen and oxygen atoms in total. The first-order valence-electron chi connectivity index (χ1n) is 6.00. The number of ketones is 3. The van der Waals surface area contributed by atoms with Crippen molar-refractivity contribution in [2.24, 2.45) is 0 Å². The molecule has 0 aromatic rings. The van der Waals surface area contributed by atoms with E-state index in [0.717, 1.165) is 20.8 Å². The highest BCUT2D eigenvalue weighted by molar-refractivity contribution is 6.08. The van der Waals surface area contributed by atoms with Crippen molar-refractivity contribution in [3.63, 3.8) is 0 Å². The molecule has 3 unspecified atom stereocenters. The maximum absolute atomic E-state index is 11.8. The fraction of sp³-hybridized carbons (Fsp3) is 0.538. The normalized spacial score (nSPS) is 35.8. The van der Waals surface area contributed by atoms with Gasteiger partial charge in [-0.05, 0) is 26.8 Å². The van der Waals surface area contributed by atoms with Crippen LogP contribution in [0, 0.1) is 0 Å². The van der Waals surface area contributed by atoms with Crippen LogP contribution in [-0.4, -0.2) is 60.5 Å². The molecule has 4 N–H and O–H groups in total. The molecule has 0 aromatic heterocycles. The van der Waals surface area contributed by atoms with Gasteiger partial charge in [-0.25, -0.2) is 4.79 Å². The fourth-order valence-electron chi connectivity index (χ4n) is 2.56. The van der Waals surface area contributed by atoms with Gasteiger partial charge in [-0.15, -0.1) is 0 Å². The number of aliphatic hydroxyl groups is 3. The van der Waals surface area contributed by atoms with Crippen LogP contribution in [0.15, 0.2) is 11.6 Å². The number of Topliss-reactive ketones (excluding diaryl/α,β-unsaturated/α-hetero) is 3. The van der Waals surface area contributed by atoms with Crippen LogP contribution in [0.2, 0.25) is 0 Å². The summed E-state index contributed by atoms with van der Waals surface area (Å²) < 4.78 is 0. The standard InChI is InChI=1S/C13H16O8/c1-6(14)11(19)4-9(10(17)18)5-12(20,7(2)15)13(11,21)8(3)16/h4,19-21H,5H2,1-3H3,(H,17,18). The first kappa shape index (κ1) is 17.2. The van der Waals surface area contributed by atoms with E-state index in [1.165, 1.54) is 0 Å². The topological polar surface area (TPSA) is 149 Å². The molecule has 3 atom stereocenters. The molecule has 0 heterocycles. The molecule has 0 aliphatic heterocycles. The molecule has 21 heavy (non-hydrogen) atoms. The van der Waals surface area contributed by atoms with Crippen molar-refractivity contribution in [2.45, 2.75) is 44.0 Å². The Bertz CT molecular complexity index is 577. The Morgan fingerprint density at radius 3 is 1.71 bits per heavy atom. The Morgan fingerprint density at radius 1 is 0.952 bits per heavy atom. The van der Waals surface area contributed by atoms with E-state index in [1.807, 2.05) is 0 Å². The van der Waals surface area contributed by atoms with Gasteiger partial charge in [-0.3, -0.25) is 14.4 Å². The second-order valence-electron chi connectivity index (χ2n) is 5.16. The smallest absolute Gasteiger partial charge is 0.331 e. The van der Waals surface area contributed by atoms with Crippen molar-refractivity contribution < 1.29 is 39.6 Å². The third-order valence-electron chi connectivity index (χ3n) is 3.88. The average molecular weight is 300 g/mol. The summed E-state index contributed by atoms with van der Waals surface area (Å²) in [5.74, 6) is -5.16. The molecule has 1 aliphatic rings. The SMILES string of the molecule is CC(=O)C1(O)C=C(C(=O)O)CC(O)(C(C)=O)C1(O)C(C)=O. The monoisotopic (exact) mass is 300 g/mol. The summed E-state index contributed by atoms with van der Waals surface area (Å²) in [6.07, 6.45) is -0.417. The largest absolute Gasteiger partial charge is 0.478 e. The second kappa shape index (κ2) is 4.83. The molecule has 0 saturated carbocycles. The number of carbonyl (C=O) groups excluding carboxylic acids is 3. The van der Waals surface area contributed by atoms with Crippen molar-refractivity contribution in [1.29, 1.82) is 0 Å². The highest BCUT2D eigenvalue weighted by atomic mass is 16.4. The molecule has 0 aromatic carbocycles. The summed E-state index contributed by atoms with van der Waals surface area (Å²) in [5, 5.41) is 40.3. The number of carboxylic acid groups (broad SMARTS) is 1. The van der Waals surface area contributed by atoms with E-state index in [9.17, 15) is 34.5 Å². The molecule has 0 radical (unpaired) electrons. The summed E-state index contributed by atoms with van der Waals surface area (Å²) in [4.78, 5) is 46.3. The molecule has 8 heteroatoms. The quantitative estimate of drug-likeness (QED) is 0.483. The maximum atomic E-state index is 11.8. The Kier molecular flexibility index (Phi) is 3.95. The van der Waals surface area contributed by atoms with Crippen molar-refractivity contribution >= 4 is 23.3 Å². The average Bonchev–Trinajstić information content (AvgIpc) is 2.34. The summed E-state index contributed by atoms with van der Waals surface area (Å²) >= 11 is 0. The maximum Gasteiger partial charge on any atom is 0.331 e. The number of hydrogen-bond donors (Lipinski definition) is 4. The third-order valence-corrected chi connectivity index (χ3v) is 3.88. The molecule has 0 spiro atoms. The zero-order chi connectivity index (χ0) is 16.8. The van der Waals surface area contributed by atoms with Crippen molar-refractivity contribution in [2.75, 3.05) is 0 Å². The molecule has 0 saturated heterocycles. The van der Waals surface area contributed by atoms with E-state index in [1.54, 1.807) is 0 Å². The molecule has 116 valence electrons. The molecule has 1 aliphatic carbocycles. The number of carboxylic acids is 1. The van der Waals surface area contributed by atoms with Crippen LogP contribution in [0.5, 0.6) is 0 Å². The van der Waals surface area contributed by atoms with E-state index < -0.39 is 52.1 Å².